The molecule has 0 spiro atoms. The highest BCUT2D eigenvalue weighted by atomic mass is 16.2. The molecule has 0 radical (unpaired) electrons. The van der Waals surface area contributed by atoms with Crippen molar-refractivity contribution in [2.75, 3.05) is 5.01 Å². The van der Waals surface area contributed by atoms with Gasteiger partial charge in [0.05, 0.1) is 12.1 Å². The molecule has 0 saturated carbocycles. The average molecular weight is 321 g/mol. The van der Waals surface area contributed by atoms with Crippen LogP contribution in [0.4, 0.5) is 5.69 Å². The molecule has 1 aliphatic heterocycles. The van der Waals surface area contributed by atoms with Gasteiger partial charge in [0, 0.05) is 6.42 Å². The van der Waals surface area contributed by atoms with Crippen LogP contribution in [0.1, 0.15) is 24.8 Å². The van der Waals surface area contributed by atoms with Gasteiger partial charge in [0.15, 0.2) is 0 Å². The van der Waals surface area contributed by atoms with Gasteiger partial charge >= 0.3 is 0 Å². The van der Waals surface area contributed by atoms with Crippen LogP contribution < -0.4 is 10.3 Å². The number of aryl methyl sites for hydroxylation is 1. The second-order valence-corrected chi connectivity index (χ2v) is 5.65. The van der Waals surface area contributed by atoms with E-state index in [0.717, 1.165) is 12.8 Å². The van der Waals surface area contributed by atoms with Crippen molar-refractivity contribution in [2.45, 2.75) is 25.7 Å². The van der Waals surface area contributed by atoms with Crippen LogP contribution in [-0.4, -0.2) is 17.6 Å². The molecule has 24 heavy (non-hydrogen) atoms. The molecule has 0 aromatic heterocycles. The van der Waals surface area contributed by atoms with E-state index in [9.17, 15) is 9.59 Å². The number of hydrazone groups is 1. The van der Waals surface area contributed by atoms with Crippen LogP contribution in [-0.2, 0) is 16.0 Å². The van der Waals surface area contributed by atoms with Gasteiger partial charge in [-0.25, -0.2) is 0 Å². The molecule has 1 aliphatic rings. The number of hydrogen-bond donors (Lipinski definition) is 1. The maximum Gasteiger partial charge on any atom is 0.255 e. The third-order valence-corrected chi connectivity index (χ3v) is 3.77. The molecule has 0 fully saturated rings. The van der Waals surface area contributed by atoms with E-state index >= 15 is 0 Å². The molecule has 1 heterocycles. The van der Waals surface area contributed by atoms with Crippen LogP contribution >= 0.6 is 0 Å². The van der Waals surface area contributed by atoms with Gasteiger partial charge in [0.25, 0.3) is 5.91 Å². The monoisotopic (exact) mass is 321 g/mol. The Morgan fingerprint density at radius 1 is 1.04 bits per heavy atom. The topological polar surface area (TPSA) is 61.8 Å². The van der Waals surface area contributed by atoms with Crippen LogP contribution in [0.25, 0.3) is 0 Å². The molecule has 0 unspecified atom stereocenters. The van der Waals surface area contributed by atoms with Crippen LogP contribution in [0.3, 0.4) is 0 Å². The number of amidine groups is 1. The minimum Gasteiger partial charge on any atom is -0.312 e. The normalized spacial score (nSPS) is 13.8. The standard InChI is InChI=1S/C19H19N3O2/c23-18(13-7-10-15-8-3-1-4-9-15)20-17-14-19(24)22(21-17)16-11-5-2-6-12-16/h1-6,8-9,11-12H,7,10,13-14H2,(H,20,21,23). The van der Waals surface area contributed by atoms with Gasteiger partial charge in [0.2, 0.25) is 5.91 Å². The number of nitrogens with zero attached hydrogens (tertiary/aromatic N) is 2. The number of hydrogen-bond acceptors (Lipinski definition) is 3. The van der Waals surface area contributed by atoms with Crippen LogP contribution in [0.5, 0.6) is 0 Å². The summed E-state index contributed by atoms with van der Waals surface area (Å²) in [5, 5.41) is 8.29. The second-order valence-electron chi connectivity index (χ2n) is 5.65. The Balaban J connectivity index is 1.50. The highest BCUT2D eigenvalue weighted by Crippen LogP contribution is 2.19. The Bertz CT molecular complexity index is 742. The van der Waals surface area contributed by atoms with Crippen molar-refractivity contribution in [3.8, 4) is 0 Å². The average Bonchev–Trinajstić information content (AvgIpc) is 2.97. The predicted molar refractivity (Wildman–Crippen MR) is 93.5 cm³/mol. The SMILES string of the molecule is O=C(CCCc1ccccc1)NC1=NN(c2ccccc2)C(=O)C1. The Kier molecular flexibility index (Phi) is 5.01. The lowest BCUT2D eigenvalue weighted by Gasteiger charge is -2.10. The number of carbonyl (C=O) groups is 2. The van der Waals surface area contributed by atoms with Gasteiger partial charge < -0.3 is 5.32 Å². The van der Waals surface area contributed by atoms with Crippen molar-refractivity contribution in [3.63, 3.8) is 0 Å². The van der Waals surface area contributed by atoms with E-state index in [1.54, 1.807) is 0 Å². The Hall–Kier alpha value is -2.95. The fourth-order valence-electron chi connectivity index (χ4n) is 2.59. The first-order valence-electron chi connectivity index (χ1n) is 8.01. The van der Waals surface area contributed by atoms with Gasteiger partial charge in [-0.3, -0.25) is 9.59 Å². The molecule has 0 atom stereocenters. The number of rotatable bonds is 5. The number of benzene rings is 2. The molecular weight excluding hydrogens is 302 g/mol. The van der Waals surface area contributed by atoms with E-state index in [-0.39, 0.29) is 18.2 Å². The van der Waals surface area contributed by atoms with Gasteiger partial charge in [-0.1, -0.05) is 48.5 Å². The number of nitrogens with one attached hydrogen (secondary N) is 1. The quantitative estimate of drug-likeness (QED) is 0.920. The Morgan fingerprint density at radius 2 is 1.71 bits per heavy atom. The van der Waals surface area contributed by atoms with Gasteiger partial charge in [0.1, 0.15) is 5.84 Å². The first-order valence-corrected chi connectivity index (χ1v) is 8.01. The first kappa shape index (κ1) is 15.9. The van der Waals surface area contributed by atoms with Crippen LogP contribution in [0.2, 0.25) is 0 Å². The van der Waals surface area contributed by atoms with E-state index < -0.39 is 0 Å². The number of carbonyl (C=O) groups excluding carboxylic acids is 2. The van der Waals surface area contributed by atoms with E-state index in [1.165, 1.54) is 10.6 Å². The summed E-state index contributed by atoms with van der Waals surface area (Å²) in [4.78, 5) is 24.0. The number of amides is 2. The lowest BCUT2D eigenvalue weighted by atomic mass is 10.1. The zero-order valence-electron chi connectivity index (χ0n) is 13.3. The fraction of sp³-hybridized carbons (Fsp3) is 0.211. The Morgan fingerprint density at radius 3 is 2.42 bits per heavy atom. The molecule has 1 N–H and O–H groups in total. The molecule has 122 valence electrons. The highest BCUT2D eigenvalue weighted by molar-refractivity contribution is 6.15. The summed E-state index contributed by atoms with van der Waals surface area (Å²) in [5.74, 6) is 0.168. The molecule has 0 aliphatic carbocycles. The molecule has 3 rings (SSSR count). The molecule has 5 nitrogen and oxygen atoms in total. The van der Waals surface area contributed by atoms with E-state index in [4.69, 9.17) is 0 Å². The smallest absolute Gasteiger partial charge is 0.255 e. The summed E-state index contributed by atoms with van der Waals surface area (Å²) < 4.78 is 0. The van der Waals surface area contributed by atoms with E-state index in [1.807, 2.05) is 48.5 Å². The van der Waals surface area contributed by atoms with Crippen LogP contribution in [0.15, 0.2) is 65.8 Å². The summed E-state index contributed by atoms with van der Waals surface area (Å²) in [5.41, 5.74) is 1.92. The maximum absolute atomic E-state index is 12.0. The van der Waals surface area contributed by atoms with Crippen molar-refractivity contribution in [2.24, 2.45) is 5.10 Å². The largest absolute Gasteiger partial charge is 0.312 e. The van der Waals surface area contributed by atoms with Crippen molar-refractivity contribution >= 4 is 23.3 Å². The first-order chi connectivity index (χ1) is 11.7. The van der Waals surface area contributed by atoms with Crippen molar-refractivity contribution in [1.82, 2.24) is 5.32 Å². The highest BCUT2D eigenvalue weighted by Gasteiger charge is 2.25. The van der Waals surface area contributed by atoms with E-state index in [2.05, 4.69) is 22.6 Å². The lowest BCUT2D eigenvalue weighted by molar-refractivity contribution is -0.119. The number of para-hydroxylation sites is 1. The van der Waals surface area contributed by atoms with Crippen molar-refractivity contribution in [1.29, 1.82) is 0 Å². The second kappa shape index (κ2) is 7.55. The summed E-state index contributed by atoms with van der Waals surface area (Å²) in [6.45, 7) is 0. The van der Waals surface area contributed by atoms with E-state index in [0.29, 0.717) is 17.9 Å². The van der Waals surface area contributed by atoms with Crippen molar-refractivity contribution in [3.05, 3.63) is 66.2 Å². The summed E-state index contributed by atoms with van der Waals surface area (Å²) in [7, 11) is 0. The molecule has 2 amide bonds. The molecule has 2 aromatic carbocycles. The molecule has 2 aromatic rings. The van der Waals surface area contributed by atoms with Gasteiger partial charge in [-0.2, -0.15) is 10.1 Å². The maximum atomic E-state index is 12.0. The summed E-state index contributed by atoms with van der Waals surface area (Å²) in [6, 6.07) is 19.3. The number of anilines is 1. The third-order valence-electron chi connectivity index (χ3n) is 3.77. The van der Waals surface area contributed by atoms with Gasteiger partial charge in [-0.15, -0.1) is 0 Å². The lowest BCUT2D eigenvalue weighted by Crippen LogP contribution is -2.29. The molecule has 5 heteroatoms. The predicted octanol–water partition coefficient (Wildman–Crippen LogP) is 2.88. The fourth-order valence-corrected chi connectivity index (χ4v) is 2.59. The third kappa shape index (κ3) is 4.07. The Labute approximate surface area is 141 Å². The minimum absolute atomic E-state index is 0.104. The van der Waals surface area contributed by atoms with Crippen molar-refractivity contribution < 1.29 is 9.59 Å². The molecule has 0 saturated heterocycles. The zero-order chi connectivity index (χ0) is 16.8. The van der Waals surface area contributed by atoms with Gasteiger partial charge in [-0.05, 0) is 30.5 Å². The molecular formula is C19H19N3O2. The van der Waals surface area contributed by atoms with Crippen LogP contribution in [0, 0.1) is 0 Å². The minimum atomic E-state index is -0.138. The zero-order valence-corrected chi connectivity index (χ0v) is 13.3. The summed E-state index contributed by atoms with van der Waals surface area (Å²) >= 11 is 0. The summed E-state index contributed by atoms with van der Waals surface area (Å²) in [6.07, 6.45) is 2.15. The molecule has 0 bridgehead atoms.